The van der Waals surface area contributed by atoms with Crippen LogP contribution < -0.4 is 10.5 Å². The highest BCUT2D eigenvalue weighted by atomic mass is 16.5. The molecular formula is C24H28N8O. The SMILES string of the molecule is COc1cc(-c2cn(Cc3cn4cc(C)ccc4n3)nn2)c2cn[nH]c2c1.NCC1CCC1. The van der Waals surface area contributed by atoms with E-state index in [-0.39, 0.29) is 0 Å². The molecule has 9 nitrogen and oxygen atoms in total. The largest absolute Gasteiger partial charge is 0.497 e. The number of nitrogens with zero attached hydrogens (tertiary/aromatic N) is 6. The number of benzene rings is 1. The van der Waals surface area contributed by atoms with Gasteiger partial charge in [-0.25, -0.2) is 9.67 Å². The Morgan fingerprint density at radius 3 is 2.79 bits per heavy atom. The molecule has 4 heterocycles. The molecule has 0 unspecified atom stereocenters. The summed E-state index contributed by atoms with van der Waals surface area (Å²) in [6.07, 6.45) is 12.0. The monoisotopic (exact) mass is 444 g/mol. The van der Waals surface area contributed by atoms with Crippen molar-refractivity contribution >= 4 is 16.6 Å². The number of ether oxygens (including phenoxy) is 1. The smallest absolute Gasteiger partial charge is 0.137 e. The molecule has 5 aromatic rings. The number of aryl methyl sites for hydroxylation is 1. The minimum Gasteiger partial charge on any atom is -0.497 e. The molecule has 0 bridgehead atoms. The molecule has 1 saturated carbocycles. The summed E-state index contributed by atoms with van der Waals surface area (Å²) in [7, 11) is 1.64. The summed E-state index contributed by atoms with van der Waals surface area (Å²) in [6.45, 7) is 3.53. The lowest BCUT2D eigenvalue weighted by molar-refractivity contribution is 0.325. The summed E-state index contributed by atoms with van der Waals surface area (Å²) in [5.41, 5.74) is 11.0. The lowest BCUT2D eigenvalue weighted by Gasteiger charge is -2.22. The van der Waals surface area contributed by atoms with E-state index in [0.29, 0.717) is 6.54 Å². The fourth-order valence-corrected chi connectivity index (χ4v) is 3.98. The molecule has 1 aliphatic rings. The van der Waals surface area contributed by atoms with Crippen molar-refractivity contribution in [3.05, 3.63) is 60.3 Å². The first-order valence-corrected chi connectivity index (χ1v) is 11.2. The van der Waals surface area contributed by atoms with Crippen molar-refractivity contribution < 1.29 is 4.74 Å². The second-order valence-electron chi connectivity index (χ2n) is 8.54. The van der Waals surface area contributed by atoms with Crippen LogP contribution in [-0.4, -0.2) is 48.2 Å². The van der Waals surface area contributed by atoms with Crippen LogP contribution in [-0.2, 0) is 6.54 Å². The van der Waals surface area contributed by atoms with Gasteiger partial charge in [0.2, 0.25) is 0 Å². The highest BCUT2D eigenvalue weighted by molar-refractivity contribution is 5.94. The third kappa shape index (κ3) is 4.45. The number of pyridine rings is 1. The Morgan fingerprint density at radius 2 is 2.06 bits per heavy atom. The summed E-state index contributed by atoms with van der Waals surface area (Å²) < 4.78 is 9.20. The van der Waals surface area contributed by atoms with E-state index in [1.165, 1.54) is 24.8 Å². The lowest BCUT2D eigenvalue weighted by atomic mass is 9.86. The van der Waals surface area contributed by atoms with E-state index in [1.807, 2.05) is 35.0 Å². The van der Waals surface area contributed by atoms with Crippen LogP contribution in [0, 0.1) is 12.8 Å². The summed E-state index contributed by atoms with van der Waals surface area (Å²) in [5, 5.41) is 16.7. The highest BCUT2D eigenvalue weighted by Gasteiger charge is 2.14. The van der Waals surface area contributed by atoms with E-state index in [4.69, 9.17) is 10.5 Å². The summed E-state index contributed by atoms with van der Waals surface area (Å²) >= 11 is 0. The van der Waals surface area contributed by atoms with Crippen molar-refractivity contribution in [1.29, 1.82) is 0 Å². The maximum absolute atomic E-state index is 5.38. The second-order valence-corrected chi connectivity index (χ2v) is 8.54. The van der Waals surface area contributed by atoms with E-state index >= 15 is 0 Å². The number of rotatable bonds is 5. The minimum absolute atomic E-state index is 0.548. The summed E-state index contributed by atoms with van der Waals surface area (Å²) in [4.78, 5) is 4.64. The van der Waals surface area contributed by atoms with Crippen LogP contribution in [0.2, 0.25) is 0 Å². The van der Waals surface area contributed by atoms with Crippen molar-refractivity contribution in [3.8, 4) is 17.0 Å². The molecule has 0 radical (unpaired) electrons. The zero-order chi connectivity index (χ0) is 22.8. The first-order chi connectivity index (χ1) is 16.1. The average molecular weight is 445 g/mol. The van der Waals surface area contributed by atoms with Gasteiger partial charge in [-0.1, -0.05) is 17.7 Å². The van der Waals surface area contributed by atoms with E-state index in [1.54, 1.807) is 18.0 Å². The molecule has 0 spiro atoms. The number of methoxy groups -OCH3 is 1. The molecule has 0 aliphatic heterocycles. The molecule has 9 heteroatoms. The van der Waals surface area contributed by atoms with Crippen LogP contribution in [0.5, 0.6) is 5.75 Å². The van der Waals surface area contributed by atoms with Gasteiger partial charge in [0.15, 0.2) is 0 Å². The number of H-pyrrole nitrogens is 1. The Balaban J connectivity index is 0.000000332. The third-order valence-corrected chi connectivity index (χ3v) is 6.11. The maximum Gasteiger partial charge on any atom is 0.137 e. The van der Waals surface area contributed by atoms with Gasteiger partial charge in [0.1, 0.15) is 17.1 Å². The van der Waals surface area contributed by atoms with Crippen LogP contribution in [0.1, 0.15) is 30.5 Å². The Bertz CT molecular complexity index is 1380. The van der Waals surface area contributed by atoms with E-state index in [0.717, 1.165) is 51.7 Å². The van der Waals surface area contributed by atoms with Crippen molar-refractivity contribution in [2.75, 3.05) is 13.7 Å². The molecule has 1 fully saturated rings. The zero-order valence-corrected chi connectivity index (χ0v) is 18.9. The molecule has 0 atom stereocenters. The van der Waals surface area contributed by atoms with Crippen LogP contribution in [0.25, 0.3) is 27.8 Å². The summed E-state index contributed by atoms with van der Waals surface area (Å²) in [6, 6.07) is 7.92. The number of fused-ring (bicyclic) bond motifs is 2. The molecule has 0 saturated heterocycles. The number of nitrogens with one attached hydrogen (secondary N) is 1. The highest BCUT2D eigenvalue weighted by Crippen LogP contribution is 2.30. The Kier molecular flexibility index (Phi) is 5.78. The number of aromatic amines is 1. The molecule has 3 N–H and O–H groups in total. The van der Waals surface area contributed by atoms with Gasteiger partial charge in [0, 0.05) is 29.4 Å². The third-order valence-electron chi connectivity index (χ3n) is 6.11. The average Bonchev–Trinajstić information content (AvgIpc) is 3.51. The molecular weight excluding hydrogens is 416 g/mol. The first kappa shape index (κ1) is 21.1. The maximum atomic E-state index is 5.38. The van der Waals surface area contributed by atoms with Gasteiger partial charge in [-0.2, -0.15) is 5.10 Å². The first-order valence-electron chi connectivity index (χ1n) is 11.2. The van der Waals surface area contributed by atoms with Gasteiger partial charge in [0.25, 0.3) is 0 Å². The minimum atomic E-state index is 0.548. The molecule has 1 aliphatic carbocycles. The fraction of sp³-hybridized carbons (Fsp3) is 0.333. The number of aromatic nitrogens is 7. The molecule has 33 heavy (non-hydrogen) atoms. The molecule has 6 rings (SSSR count). The number of hydrogen-bond donors (Lipinski definition) is 2. The Hall–Kier alpha value is -3.72. The van der Waals surface area contributed by atoms with Crippen molar-refractivity contribution in [2.45, 2.75) is 32.7 Å². The predicted octanol–water partition coefficient (Wildman–Crippen LogP) is 3.58. The van der Waals surface area contributed by atoms with E-state index in [2.05, 4.69) is 44.7 Å². The normalized spacial score (nSPS) is 13.7. The number of imidazole rings is 1. The fourth-order valence-electron chi connectivity index (χ4n) is 3.98. The van der Waals surface area contributed by atoms with Gasteiger partial charge in [-0.3, -0.25) is 5.10 Å². The van der Waals surface area contributed by atoms with E-state index < -0.39 is 0 Å². The Labute approximate surface area is 191 Å². The van der Waals surface area contributed by atoms with Crippen LogP contribution in [0.4, 0.5) is 0 Å². The van der Waals surface area contributed by atoms with Crippen LogP contribution in [0.3, 0.4) is 0 Å². The molecule has 4 aromatic heterocycles. The number of nitrogens with two attached hydrogens (primary N) is 1. The second kappa shape index (κ2) is 9.03. The van der Waals surface area contributed by atoms with Gasteiger partial charge >= 0.3 is 0 Å². The van der Waals surface area contributed by atoms with Gasteiger partial charge < -0.3 is 14.9 Å². The quantitative estimate of drug-likeness (QED) is 0.429. The van der Waals surface area contributed by atoms with E-state index in [9.17, 15) is 0 Å². The molecule has 0 amide bonds. The summed E-state index contributed by atoms with van der Waals surface area (Å²) in [5.74, 6) is 1.64. The lowest BCUT2D eigenvalue weighted by Crippen LogP contribution is -2.20. The molecule has 170 valence electrons. The topological polar surface area (TPSA) is 112 Å². The van der Waals surface area contributed by atoms with Crippen molar-refractivity contribution in [1.82, 2.24) is 34.6 Å². The van der Waals surface area contributed by atoms with Gasteiger partial charge in [-0.15, -0.1) is 5.10 Å². The van der Waals surface area contributed by atoms with Crippen LogP contribution in [0.15, 0.2) is 49.1 Å². The Morgan fingerprint density at radius 1 is 1.18 bits per heavy atom. The zero-order valence-electron chi connectivity index (χ0n) is 18.9. The molecule has 1 aromatic carbocycles. The van der Waals surface area contributed by atoms with Gasteiger partial charge in [-0.05, 0) is 49.9 Å². The number of hydrogen-bond acceptors (Lipinski definition) is 6. The van der Waals surface area contributed by atoms with Crippen molar-refractivity contribution in [2.24, 2.45) is 11.7 Å². The van der Waals surface area contributed by atoms with Gasteiger partial charge in [0.05, 0.1) is 37.3 Å². The van der Waals surface area contributed by atoms with Crippen molar-refractivity contribution in [3.63, 3.8) is 0 Å². The van der Waals surface area contributed by atoms with Crippen LogP contribution >= 0.6 is 0 Å². The standard InChI is InChI=1S/C19H17N7O.C5H11N/c1-12-3-4-19-21-13(9-25(19)8-12)10-26-11-18(23-24-26)15-5-14(27-2)6-17-16(15)7-20-22-17;6-4-5-2-1-3-5/h3-9,11H,10H2,1-2H3,(H,20,22);5H,1-4,6H2. The predicted molar refractivity (Wildman–Crippen MR) is 127 cm³/mol.